The summed E-state index contributed by atoms with van der Waals surface area (Å²) in [6.07, 6.45) is 6.82. The Bertz CT molecular complexity index is 166. The fraction of sp³-hybridized carbons (Fsp3) is 1.00. The molecule has 0 saturated carbocycles. The van der Waals surface area contributed by atoms with Gasteiger partial charge in [0.15, 0.2) is 0 Å². The van der Waals surface area contributed by atoms with Crippen LogP contribution in [0.4, 0.5) is 0 Å². The van der Waals surface area contributed by atoms with Gasteiger partial charge in [0.2, 0.25) is 0 Å². The molecular weight excluding hydrogens is 184 g/mol. The molecule has 0 aromatic heterocycles. The Morgan fingerprint density at radius 3 is 2.67 bits per heavy atom. The van der Waals surface area contributed by atoms with Gasteiger partial charge in [-0.3, -0.25) is 4.90 Å². The number of hydrogen-bond donors (Lipinski definition) is 1. The number of rotatable bonds is 4. The van der Waals surface area contributed by atoms with Crippen molar-refractivity contribution < 1.29 is 0 Å². The molecule has 1 N–H and O–H groups in total. The highest BCUT2D eigenvalue weighted by atomic mass is 15.2. The molecule has 0 bridgehead atoms. The smallest absolute Gasteiger partial charge is 0.0223 e. The average Bonchev–Trinajstić information content (AvgIpc) is 2.44. The van der Waals surface area contributed by atoms with Crippen molar-refractivity contribution in [1.82, 2.24) is 10.2 Å². The van der Waals surface area contributed by atoms with Crippen LogP contribution >= 0.6 is 0 Å². The molecule has 0 spiro atoms. The maximum absolute atomic E-state index is 3.45. The van der Waals surface area contributed by atoms with Crippen molar-refractivity contribution in [3.63, 3.8) is 0 Å². The third kappa shape index (κ3) is 3.46. The van der Waals surface area contributed by atoms with Crippen LogP contribution in [0, 0.1) is 0 Å². The van der Waals surface area contributed by atoms with E-state index in [2.05, 4.69) is 38.0 Å². The van der Waals surface area contributed by atoms with Gasteiger partial charge in [0.1, 0.15) is 0 Å². The van der Waals surface area contributed by atoms with E-state index in [-0.39, 0.29) is 0 Å². The maximum atomic E-state index is 3.45. The fourth-order valence-electron chi connectivity index (χ4n) is 2.92. The average molecular weight is 212 g/mol. The van der Waals surface area contributed by atoms with Gasteiger partial charge in [-0.25, -0.2) is 0 Å². The van der Waals surface area contributed by atoms with E-state index in [9.17, 15) is 0 Å². The molecule has 2 nitrogen and oxygen atoms in total. The van der Waals surface area contributed by atoms with Crippen LogP contribution in [-0.4, -0.2) is 36.6 Å². The number of hydrogen-bond acceptors (Lipinski definition) is 2. The first kappa shape index (κ1) is 13.0. The summed E-state index contributed by atoms with van der Waals surface area (Å²) in [5, 5.41) is 3.45. The van der Waals surface area contributed by atoms with Crippen LogP contribution in [0.2, 0.25) is 0 Å². The van der Waals surface area contributed by atoms with Gasteiger partial charge >= 0.3 is 0 Å². The highest BCUT2D eigenvalue weighted by Crippen LogP contribution is 2.20. The van der Waals surface area contributed by atoms with Crippen molar-refractivity contribution in [2.45, 2.75) is 71.0 Å². The second-order valence-electron chi connectivity index (χ2n) is 4.98. The third-order valence-electron chi connectivity index (χ3n) is 4.02. The molecular formula is C13H28N2. The molecule has 1 saturated heterocycles. The number of likely N-dealkylation sites (tertiary alicyclic amines) is 1. The van der Waals surface area contributed by atoms with E-state index < -0.39 is 0 Å². The van der Waals surface area contributed by atoms with Gasteiger partial charge in [-0.1, -0.05) is 19.8 Å². The molecule has 90 valence electrons. The molecule has 0 aromatic rings. The molecule has 1 fully saturated rings. The summed E-state index contributed by atoms with van der Waals surface area (Å²) in [5.41, 5.74) is 0. The quantitative estimate of drug-likeness (QED) is 0.770. The Kier molecular flexibility index (Phi) is 5.62. The van der Waals surface area contributed by atoms with Gasteiger partial charge in [-0.2, -0.15) is 0 Å². The van der Waals surface area contributed by atoms with Gasteiger partial charge in [-0.15, -0.1) is 0 Å². The summed E-state index contributed by atoms with van der Waals surface area (Å²) in [4.78, 5) is 2.71. The lowest BCUT2D eigenvalue weighted by atomic mass is 10.0. The van der Waals surface area contributed by atoms with Crippen LogP contribution in [0.1, 0.15) is 52.9 Å². The van der Waals surface area contributed by atoms with Crippen LogP contribution in [0.15, 0.2) is 0 Å². The van der Waals surface area contributed by atoms with Crippen LogP contribution in [0.5, 0.6) is 0 Å². The predicted molar refractivity (Wildman–Crippen MR) is 67.2 cm³/mol. The minimum atomic E-state index is 0.644. The second kappa shape index (κ2) is 6.49. The van der Waals surface area contributed by atoms with Gasteiger partial charge in [0.05, 0.1) is 0 Å². The third-order valence-corrected chi connectivity index (χ3v) is 4.02. The van der Waals surface area contributed by atoms with Gasteiger partial charge in [0, 0.05) is 18.1 Å². The maximum Gasteiger partial charge on any atom is 0.0223 e. The van der Waals surface area contributed by atoms with Crippen molar-refractivity contribution in [2.75, 3.05) is 13.6 Å². The monoisotopic (exact) mass is 212 g/mol. The van der Waals surface area contributed by atoms with Gasteiger partial charge < -0.3 is 5.32 Å². The lowest BCUT2D eigenvalue weighted by Gasteiger charge is -2.37. The first-order valence-electron chi connectivity index (χ1n) is 6.63. The van der Waals surface area contributed by atoms with Crippen molar-refractivity contribution >= 4 is 0 Å². The van der Waals surface area contributed by atoms with Crippen LogP contribution in [-0.2, 0) is 0 Å². The minimum Gasteiger partial charge on any atom is -0.315 e. The highest BCUT2D eigenvalue weighted by Gasteiger charge is 2.25. The molecule has 3 atom stereocenters. The largest absolute Gasteiger partial charge is 0.315 e. The van der Waals surface area contributed by atoms with Crippen molar-refractivity contribution in [3.05, 3.63) is 0 Å². The van der Waals surface area contributed by atoms with Gasteiger partial charge in [0.25, 0.3) is 0 Å². The summed E-state index contributed by atoms with van der Waals surface area (Å²) in [5.74, 6) is 0. The zero-order valence-corrected chi connectivity index (χ0v) is 10.9. The van der Waals surface area contributed by atoms with Crippen LogP contribution in [0.25, 0.3) is 0 Å². The Morgan fingerprint density at radius 2 is 2.07 bits per heavy atom. The van der Waals surface area contributed by atoms with E-state index in [0.29, 0.717) is 12.1 Å². The molecule has 1 rings (SSSR count). The predicted octanol–water partition coefficient (Wildman–Crippen LogP) is 2.64. The lowest BCUT2D eigenvalue weighted by Crippen LogP contribution is -2.50. The number of likely N-dealkylation sites (N-methyl/N-ethyl adjacent to an activating group) is 1. The molecule has 15 heavy (non-hydrogen) atoms. The van der Waals surface area contributed by atoms with E-state index in [1.165, 1.54) is 38.6 Å². The van der Waals surface area contributed by atoms with Crippen LogP contribution < -0.4 is 5.32 Å². The van der Waals surface area contributed by atoms with E-state index in [1.807, 2.05) is 0 Å². The molecule has 1 aliphatic rings. The molecule has 3 unspecified atom stereocenters. The molecule has 0 amide bonds. The topological polar surface area (TPSA) is 15.3 Å². The fourth-order valence-corrected chi connectivity index (χ4v) is 2.92. The summed E-state index contributed by atoms with van der Waals surface area (Å²) >= 11 is 0. The Labute approximate surface area is 95.4 Å². The minimum absolute atomic E-state index is 0.644. The molecule has 0 aliphatic carbocycles. The van der Waals surface area contributed by atoms with E-state index in [1.54, 1.807) is 0 Å². The molecule has 0 aromatic carbocycles. The highest BCUT2D eigenvalue weighted by molar-refractivity contribution is 4.83. The van der Waals surface area contributed by atoms with Crippen molar-refractivity contribution in [2.24, 2.45) is 0 Å². The molecule has 0 radical (unpaired) electrons. The van der Waals surface area contributed by atoms with Crippen LogP contribution in [0.3, 0.4) is 0 Å². The van der Waals surface area contributed by atoms with E-state index in [4.69, 9.17) is 0 Å². The van der Waals surface area contributed by atoms with Crippen molar-refractivity contribution in [3.8, 4) is 0 Å². The SMILES string of the molecule is CCC(NC)C(C)N1CCCCCC1C. The first-order chi connectivity index (χ1) is 7.20. The summed E-state index contributed by atoms with van der Waals surface area (Å²) in [6.45, 7) is 8.34. The number of nitrogens with one attached hydrogen (secondary N) is 1. The normalized spacial score (nSPS) is 28.4. The zero-order chi connectivity index (χ0) is 11.3. The van der Waals surface area contributed by atoms with E-state index in [0.717, 1.165) is 6.04 Å². The number of nitrogens with zero attached hydrogens (tertiary/aromatic N) is 1. The second-order valence-corrected chi connectivity index (χ2v) is 4.98. The Hall–Kier alpha value is -0.0800. The first-order valence-corrected chi connectivity index (χ1v) is 6.63. The Morgan fingerprint density at radius 1 is 1.33 bits per heavy atom. The molecule has 2 heteroatoms. The van der Waals surface area contributed by atoms with Gasteiger partial charge in [-0.05, 0) is 46.7 Å². The Balaban J connectivity index is 2.57. The zero-order valence-electron chi connectivity index (χ0n) is 10.9. The summed E-state index contributed by atoms with van der Waals surface area (Å²) < 4.78 is 0. The lowest BCUT2D eigenvalue weighted by molar-refractivity contribution is 0.127. The molecule has 1 heterocycles. The van der Waals surface area contributed by atoms with E-state index >= 15 is 0 Å². The van der Waals surface area contributed by atoms with Crippen molar-refractivity contribution in [1.29, 1.82) is 0 Å². The summed E-state index contributed by atoms with van der Waals surface area (Å²) in [7, 11) is 2.09. The molecule has 1 aliphatic heterocycles. The summed E-state index contributed by atoms with van der Waals surface area (Å²) in [6, 6.07) is 2.09. The standard InChI is InChI=1S/C13H28N2/c1-5-13(14-4)12(3)15-10-8-6-7-9-11(15)2/h11-14H,5-10H2,1-4H3.